The zero-order chi connectivity index (χ0) is 9.26. The Morgan fingerprint density at radius 3 is 3.08 bits per heavy atom. The van der Waals surface area contributed by atoms with Crippen LogP contribution in [0.15, 0.2) is 12.3 Å². The van der Waals surface area contributed by atoms with Crippen LogP contribution in [-0.4, -0.2) is 23.3 Å². The summed E-state index contributed by atoms with van der Waals surface area (Å²) in [5, 5.41) is 8.02. The summed E-state index contributed by atoms with van der Waals surface area (Å²) >= 11 is 5.76. The van der Waals surface area contributed by atoms with Crippen LogP contribution in [0.4, 0.5) is 5.69 Å². The standard InChI is InChI=1S/C9H12ClN3/c1-7-2-3-13(6-7)8-4-9(10)12-11-5-8/h4-5,7H,2-3,6H2,1H3. The third kappa shape index (κ3) is 1.91. The van der Waals surface area contributed by atoms with Gasteiger partial charge in [0.05, 0.1) is 11.9 Å². The molecular formula is C9H12ClN3. The van der Waals surface area contributed by atoms with Crippen molar-refractivity contribution >= 4 is 17.3 Å². The highest BCUT2D eigenvalue weighted by atomic mass is 35.5. The molecule has 1 unspecified atom stereocenters. The third-order valence-electron chi connectivity index (χ3n) is 2.40. The second-order valence-electron chi connectivity index (χ2n) is 3.58. The summed E-state index contributed by atoms with van der Waals surface area (Å²) in [7, 11) is 0. The summed E-state index contributed by atoms with van der Waals surface area (Å²) in [6.45, 7) is 4.46. The summed E-state index contributed by atoms with van der Waals surface area (Å²) < 4.78 is 0. The highest BCUT2D eigenvalue weighted by molar-refractivity contribution is 6.29. The predicted molar refractivity (Wildman–Crippen MR) is 53.0 cm³/mol. The van der Waals surface area contributed by atoms with Crippen LogP contribution in [0.5, 0.6) is 0 Å². The smallest absolute Gasteiger partial charge is 0.153 e. The Bertz CT molecular complexity index is 303. The van der Waals surface area contributed by atoms with E-state index >= 15 is 0 Å². The van der Waals surface area contributed by atoms with Gasteiger partial charge in [0.2, 0.25) is 0 Å². The summed E-state index contributed by atoms with van der Waals surface area (Å²) in [6, 6.07) is 1.87. The Labute approximate surface area is 82.7 Å². The zero-order valence-electron chi connectivity index (χ0n) is 7.57. The molecule has 1 aromatic heterocycles. The molecule has 1 fully saturated rings. The van der Waals surface area contributed by atoms with Gasteiger partial charge in [-0.15, -0.1) is 5.10 Å². The van der Waals surface area contributed by atoms with Gasteiger partial charge in [-0.2, -0.15) is 5.10 Å². The topological polar surface area (TPSA) is 29.0 Å². The molecule has 4 heteroatoms. The van der Waals surface area contributed by atoms with Gasteiger partial charge >= 0.3 is 0 Å². The van der Waals surface area contributed by atoms with Gasteiger partial charge in [0, 0.05) is 19.2 Å². The fourth-order valence-corrected chi connectivity index (χ4v) is 1.83. The lowest BCUT2D eigenvalue weighted by atomic mass is 10.2. The molecule has 2 heterocycles. The second kappa shape index (κ2) is 3.50. The Morgan fingerprint density at radius 2 is 2.46 bits per heavy atom. The molecule has 0 N–H and O–H groups in total. The molecule has 1 aliphatic heterocycles. The van der Waals surface area contributed by atoms with Crippen LogP contribution < -0.4 is 4.90 Å². The van der Waals surface area contributed by atoms with Crippen molar-refractivity contribution in [1.29, 1.82) is 0 Å². The average Bonchev–Trinajstić information content (AvgIpc) is 2.52. The van der Waals surface area contributed by atoms with E-state index in [1.165, 1.54) is 6.42 Å². The van der Waals surface area contributed by atoms with Crippen molar-refractivity contribution in [3.8, 4) is 0 Å². The number of hydrogen-bond acceptors (Lipinski definition) is 3. The van der Waals surface area contributed by atoms with Gasteiger partial charge in [-0.25, -0.2) is 0 Å². The number of aromatic nitrogens is 2. The molecule has 2 rings (SSSR count). The van der Waals surface area contributed by atoms with E-state index in [0.29, 0.717) is 5.15 Å². The van der Waals surface area contributed by atoms with Gasteiger partial charge in [-0.05, 0) is 12.3 Å². The molecule has 0 aliphatic carbocycles. The van der Waals surface area contributed by atoms with Crippen molar-refractivity contribution in [3.05, 3.63) is 17.4 Å². The number of hydrogen-bond donors (Lipinski definition) is 0. The number of nitrogens with zero attached hydrogens (tertiary/aromatic N) is 3. The molecular weight excluding hydrogens is 186 g/mol. The average molecular weight is 198 g/mol. The summed E-state index contributed by atoms with van der Waals surface area (Å²) in [5.41, 5.74) is 1.09. The molecule has 13 heavy (non-hydrogen) atoms. The maximum atomic E-state index is 5.76. The van der Waals surface area contributed by atoms with E-state index < -0.39 is 0 Å². The van der Waals surface area contributed by atoms with Gasteiger partial charge in [0.1, 0.15) is 0 Å². The maximum Gasteiger partial charge on any atom is 0.153 e. The fourth-order valence-electron chi connectivity index (χ4n) is 1.67. The second-order valence-corrected chi connectivity index (χ2v) is 3.96. The van der Waals surface area contributed by atoms with Crippen molar-refractivity contribution in [3.63, 3.8) is 0 Å². The first-order chi connectivity index (χ1) is 6.25. The minimum absolute atomic E-state index is 0.469. The van der Waals surface area contributed by atoms with Crippen LogP contribution in [0, 0.1) is 5.92 Å². The zero-order valence-corrected chi connectivity index (χ0v) is 8.33. The molecule has 0 spiro atoms. The fraction of sp³-hybridized carbons (Fsp3) is 0.556. The van der Waals surface area contributed by atoms with E-state index in [-0.39, 0.29) is 0 Å². The van der Waals surface area contributed by atoms with Crippen molar-refractivity contribution in [2.45, 2.75) is 13.3 Å². The van der Waals surface area contributed by atoms with E-state index in [4.69, 9.17) is 11.6 Å². The number of rotatable bonds is 1. The minimum atomic E-state index is 0.469. The highest BCUT2D eigenvalue weighted by Gasteiger charge is 2.19. The Morgan fingerprint density at radius 1 is 1.62 bits per heavy atom. The number of halogens is 1. The van der Waals surface area contributed by atoms with Crippen LogP contribution in [0.25, 0.3) is 0 Å². The van der Waals surface area contributed by atoms with E-state index in [9.17, 15) is 0 Å². The molecule has 0 bridgehead atoms. The summed E-state index contributed by atoms with van der Waals surface area (Å²) in [5.74, 6) is 0.770. The van der Waals surface area contributed by atoms with Crippen molar-refractivity contribution in [2.75, 3.05) is 18.0 Å². The minimum Gasteiger partial charge on any atom is -0.370 e. The molecule has 3 nitrogen and oxygen atoms in total. The highest BCUT2D eigenvalue weighted by Crippen LogP contribution is 2.23. The normalized spacial score (nSPS) is 22.3. The molecule has 70 valence electrons. The van der Waals surface area contributed by atoms with E-state index in [2.05, 4.69) is 22.0 Å². The van der Waals surface area contributed by atoms with Crippen LogP contribution in [0.2, 0.25) is 5.15 Å². The van der Waals surface area contributed by atoms with Crippen LogP contribution in [0.1, 0.15) is 13.3 Å². The van der Waals surface area contributed by atoms with Crippen molar-refractivity contribution in [2.24, 2.45) is 5.92 Å². The van der Waals surface area contributed by atoms with Gasteiger partial charge < -0.3 is 4.90 Å². The molecule has 1 aliphatic rings. The van der Waals surface area contributed by atoms with E-state index in [1.807, 2.05) is 6.07 Å². The van der Waals surface area contributed by atoms with Crippen LogP contribution in [0.3, 0.4) is 0 Å². The first kappa shape index (κ1) is 8.75. The van der Waals surface area contributed by atoms with E-state index in [1.54, 1.807) is 6.20 Å². The van der Waals surface area contributed by atoms with Gasteiger partial charge in [0.25, 0.3) is 0 Å². The van der Waals surface area contributed by atoms with Crippen molar-refractivity contribution < 1.29 is 0 Å². The Hall–Kier alpha value is -0.830. The molecule has 0 saturated carbocycles. The molecule has 1 atom stereocenters. The molecule has 0 aromatic carbocycles. The monoisotopic (exact) mass is 197 g/mol. The Kier molecular flexibility index (Phi) is 2.36. The first-order valence-electron chi connectivity index (χ1n) is 4.49. The van der Waals surface area contributed by atoms with Crippen molar-refractivity contribution in [1.82, 2.24) is 10.2 Å². The van der Waals surface area contributed by atoms with Crippen LogP contribution >= 0.6 is 11.6 Å². The lowest BCUT2D eigenvalue weighted by Gasteiger charge is -2.16. The molecule has 1 aromatic rings. The lowest BCUT2D eigenvalue weighted by molar-refractivity contribution is 0.659. The lowest BCUT2D eigenvalue weighted by Crippen LogP contribution is -2.19. The molecule has 0 amide bonds. The predicted octanol–water partition coefficient (Wildman–Crippen LogP) is 1.98. The maximum absolute atomic E-state index is 5.76. The van der Waals surface area contributed by atoms with Gasteiger partial charge in [0.15, 0.2) is 5.15 Å². The van der Waals surface area contributed by atoms with Crippen LogP contribution in [-0.2, 0) is 0 Å². The van der Waals surface area contributed by atoms with E-state index in [0.717, 1.165) is 24.7 Å². The Balaban J connectivity index is 2.16. The number of anilines is 1. The first-order valence-corrected chi connectivity index (χ1v) is 4.86. The summed E-state index contributed by atoms with van der Waals surface area (Å²) in [6.07, 6.45) is 3.02. The van der Waals surface area contributed by atoms with Gasteiger partial charge in [-0.1, -0.05) is 18.5 Å². The quantitative estimate of drug-likeness (QED) is 0.690. The third-order valence-corrected chi connectivity index (χ3v) is 2.58. The molecule has 0 radical (unpaired) electrons. The summed E-state index contributed by atoms with van der Waals surface area (Å²) in [4.78, 5) is 2.30. The molecule has 1 saturated heterocycles. The van der Waals surface area contributed by atoms with Gasteiger partial charge in [-0.3, -0.25) is 0 Å². The largest absolute Gasteiger partial charge is 0.370 e. The SMILES string of the molecule is CC1CCN(c2cnnc(Cl)c2)C1.